The third-order valence-corrected chi connectivity index (χ3v) is 3.08. The Labute approximate surface area is 104 Å². The number of nitrogens with one attached hydrogen (secondary N) is 1. The molecule has 1 N–H and O–H groups in total. The van der Waals surface area contributed by atoms with Crippen LogP contribution in [-0.2, 0) is 0 Å². The highest BCUT2D eigenvalue weighted by molar-refractivity contribution is 5.49. The van der Waals surface area contributed by atoms with Crippen molar-refractivity contribution in [1.29, 1.82) is 0 Å². The Morgan fingerprint density at radius 2 is 2.12 bits per heavy atom. The third kappa shape index (κ3) is 3.11. The highest BCUT2D eigenvalue weighted by atomic mass is 15.2. The minimum Gasteiger partial charge on any atom is -0.365 e. The molecule has 0 saturated carbocycles. The second-order valence-corrected chi connectivity index (χ2v) is 5.94. The Morgan fingerprint density at radius 1 is 1.35 bits per heavy atom. The van der Waals surface area contributed by atoms with E-state index in [1.807, 2.05) is 6.07 Å². The summed E-state index contributed by atoms with van der Waals surface area (Å²) in [6.07, 6.45) is 2.55. The van der Waals surface area contributed by atoms with Gasteiger partial charge >= 0.3 is 0 Å². The van der Waals surface area contributed by atoms with Gasteiger partial charge in [-0.3, -0.25) is 0 Å². The second kappa shape index (κ2) is 4.55. The van der Waals surface area contributed by atoms with Crippen molar-refractivity contribution in [2.24, 2.45) is 0 Å². The lowest BCUT2D eigenvalue weighted by Crippen LogP contribution is -2.29. The van der Waals surface area contributed by atoms with Crippen LogP contribution in [0, 0.1) is 0 Å². The maximum absolute atomic E-state index is 4.71. The van der Waals surface area contributed by atoms with Crippen molar-refractivity contribution in [3.05, 3.63) is 18.2 Å². The number of hydrogen-bond donors (Lipinski definition) is 1. The normalized spacial score (nSPS) is 20.7. The first-order chi connectivity index (χ1) is 7.96. The molecule has 1 atom stereocenters. The molecule has 17 heavy (non-hydrogen) atoms. The fourth-order valence-electron chi connectivity index (χ4n) is 2.31. The molecule has 1 saturated heterocycles. The van der Waals surface area contributed by atoms with E-state index in [2.05, 4.69) is 50.0 Å². The van der Waals surface area contributed by atoms with Gasteiger partial charge in [-0.05, 0) is 52.7 Å². The summed E-state index contributed by atoms with van der Waals surface area (Å²) in [5, 5.41) is 3.42. The van der Waals surface area contributed by atoms with E-state index >= 15 is 0 Å². The van der Waals surface area contributed by atoms with Gasteiger partial charge in [-0.15, -0.1) is 0 Å². The summed E-state index contributed by atoms with van der Waals surface area (Å²) in [7, 11) is 0. The monoisotopic (exact) mass is 233 g/mol. The molecule has 0 aromatic carbocycles. The number of anilines is 2. The minimum absolute atomic E-state index is 0.0578. The van der Waals surface area contributed by atoms with Crippen LogP contribution in [0.25, 0.3) is 0 Å². The molecule has 1 aliphatic heterocycles. The van der Waals surface area contributed by atoms with E-state index in [0.717, 1.165) is 18.2 Å². The predicted octanol–water partition coefficient (Wildman–Crippen LogP) is 3.28. The number of rotatable bonds is 2. The number of hydrogen-bond acceptors (Lipinski definition) is 3. The summed E-state index contributed by atoms with van der Waals surface area (Å²) < 4.78 is 0. The SMILES string of the molecule is CC1CCCN1c1cccc(NC(C)(C)C)n1. The standard InChI is InChI=1S/C14H23N3/c1-11-7-6-10-17(11)13-9-5-8-12(15-13)16-14(2,3)4/h5,8-9,11H,6-7,10H2,1-4H3,(H,15,16). The molecule has 0 bridgehead atoms. The predicted molar refractivity (Wildman–Crippen MR) is 73.7 cm³/mol. The molecule has 1 fully saturated rings. The van der Waals surface area contributed by atoms with Gasteiger partial charge in [0, 0.05) is 18.1 Å². The van der Waals surface area contributed by atoms with E-state index in [1.165, 1.54) is 12.8 Å². The van der Waals surface area contributed by atoms with E-state index in [1.54, 1.807) is 0 Å². The summed E-state index contributed by atoms with van der Waals surface area (Å²) in [6.45, 7) is 9.87. The zero-order chi connectivity index (χ0) is 12.5. The Bertz CT molecular complexity index is 381. The molecule has 2 heterocycles. The molecule has 0 radical (unpaired) electrons. The van der Waals surface area contributed by atoms with E-state index in [4.69, 9.17) is 4.98 Å². The van der Waals surface area contributed by atoms with Crippen molar-refractivity contribution < 1.29 is 0 Å². The highest BCUT2D eigenvalue weighted by Crippen LogP contribution is 2.25. The molecule has 1 aliphatic rings. The average molecular weight is 233 g/mol. The average Bonchev–Trinajstić information content (AvgIpc) is 2.62. The Balaban J connectivity index is 2.16. The maximum Gasteiger partial charge on any atom is 0.131 e. The second-order valence-electron chi connectivity index (χ2n) is 5.94. The van der Waals surface area contributed by atoms with E-state index < -0.39 is 0 Å². The molecule has 0 amide bonds. The quantitative estimate of drug-likeness (QED) is 0.849. The molecule has 1 aromatic heterocycles. The first-order valence-electron chi connectivity index (χ1n) is 6.47. The van der Waals surface area contributed by atoms with Gasteiger partial charge in [-0.2, -0.15) is 0 Å². The van der Waals surface area contributed by atoms with Crippen LogP contribution in [0.15, 0.2) is 18.2 Å². The Hall–Kier alpha value is -1.25. The third-order valence-electron chi connectivity index (χ3n) is 3.08. The van der Waals surface area contributed by atoms with Gasteiger partial charge in [0.2, 0.25) is 0 Å². The van der Waals surface area contributed by atoms with Crippen molar-refractivity contribution in [2.45, 2.75) is 52.1 Å². The van der Waals surface area contributed by atoms with Crippen molar-refractivity contribution in [2.75, 3.05) is 16.8 Å². The largest absolute Gasteiger partial charge is 0.365 e. The molecule has 3 nitrogen and oxygen atoms in total. The zero-order valence-electron chi connectivity index (χ0n) is 11.3. The van der Waals surface area contributed by atoms with Gasteiger partial charge in [-0.1, -0.05) is 6.07 Å². The van der Waals surface area contributed by atoms with Gasteiger partial charge in [0.15, 0.2) is 0 Å². The lowest BCUT2D eigenvalue weighted by molar-refractivity contribution is 0.630. The van der Waals surface area contributed by atoms with Gasteiger partial charge < -0.3 is 10.2 Å². The molecule has 1 unspecified atom stereocenters. The molecular weight excluding hydrogens is 210 g/mol. The Morgan fingerprint density at radius 3 is 2.71 bits per heavy atom. The maximum atomic E-state index is 4.71. The van der Waals surface area contributed by atoms with Crippen LogP contribution in [0.2, 0.25) is 0 Å². The fourth-order valence-corrected chi connectivity index (χ4v) is 2.31. The first kappa shape index (κ1) is 12.2. The fraction of sp³-hybridized carbons (Fsp3) is 0.643. The molecular formula is C14H23N3. The summed E-state index contributed by atoms with van der Waals surface area (Å²) in [5.41, 5.74) is 0.0578. The van der Waals surface area contributed by atoms with Crippen LogP contribution in [0.4, 0.5) is 11.6 Å². The van der Waals surface area contributed by atoms with Crippen LogP contribution in [-0.4, -0.2) is 23.1 Å². The first-order valence-corrected chi connectivity index (χ1v) is 6.47. The van der Waals surface area contributed by atoms with Crippen LogP contribution in [0.3, 0.4) is 0 Å². The summed E-state index contributed by atoms with van der Waals surface area (Å²) in [6, 6.07) is 6.85. The highest BCUT2D eigenvalue weighted by Gasteiger charge is 2.21. The van der Waals surface area contributed by atoms with Crippen molar-refractivity contribution in [3.8, 4) is 0 Å². The summed E-state index contributed by atoms with van der Waals surface area (Å²) in [4.78, 5) is 7.10. The molecule has 2 rings (SSSR count). The molecule has 3 heteroatoms. The van der Waals surface area contributed by atoms with Gasteiger partial charge in [0.05, 0.1) is 0 Å². The van der Waals surface area contributed by atoms with Crippen molar-refractivity contribution in [1.82, 2.24) is 4.98 Å². The van der Waals surface area contributed by atoms with Crippen molar-refractivity contribution >= 4 is 11.6 Å². The lowest BCUT2D eigenvalue weighted by atomic mass is 10.1. The van der Waals surface area contributed by atoms with E-state index in [-0.39, 0.29) is 5.54 Å². The van der Waals surface area contributed by atoms with Crippen LogP contribution >= 0.6 is 0 Å². The van der Waals surface area contributed by atoms with Crippen LogP contribution in [0.5, 0.6) is 0 Å². The lowest BCUT2D eigenvalue weighted by Gasteiger charge is -2.25. The van der Waals surface area contributed by atoms with E-state index in [0.29, 0.717) is 6.04 Å². The molecule has 0 spiro atoms. The molecule has 1 aromatic rings. The smallest absolute Gasteiger partial charge is 0.131 e. The van der Waals surface area contributed by atoms with Crippen molar-refractivity contribution in [3.63, 3.8) is 0 Å². The minimum atomic E-state index is 0.0578. The number of aromatic nitrogens is 1. The van der Waals surface area contributed by atoms with Crippen LogP contribution < -0.4 is 10.2 Å². The number of nitrogens with zero attached hydrogens (tertiary/aromatic N) is 2. The summed E-state index contributed by atoms with van der Waals surface area (Å²) in [5.74, 6) is 2.07. The van der Waals surface area contributed by atoms with Gasteiger partial charge in [0.1, 0.15) is 11.6 Å². The topological polar surface area (TPSA) is 28.2 Å². The number of pyridine rings is 1. The molecule has 94 valence electrons. The summed E-state index contributed by atoms with van der Waals surface area (Å²) >= 11 is 0. The van der Waals surface area contributed by atoms with Gasteiger partial charge in [-0.25, -0.2) is 4.98 Å². The molecule has 0 aliphatic carbocycles. The van der Waals surface area contributed by atoms with E-state index in [9.17, 15) is 0 Å². The van der Waals surface area contributed by atoms with Crippen LogP contribution in [0.1, 0.15) is 40.5 Å². The zero-order valence-corrected chi connectivity index (χ0v) is 11.3. The van der Waals surface area contributed by atoms with Gasteiger partial charge in [0.25, 0.3) is 0 Å². The Kier molecular flexibility index (Phi) is 3.27.